The van der Waals surface area contributed by atoms with Crippen LogP contribution < -0.4 is 5.32 Å². The first kappa shape index (κ1) is 14.3. The third kappa shape index (κ3) is 4.96. The van der Waals surface area contributed by atoms with Gasteiger partial charge in [0.05, 0.1) is 0 Å². The molecule has 2 nitrogen and oxygen atoms in total. The fourth-order valence-corrected chi connectivity index (χ4v) is 2.72. The molecule has 1 rings (SSSR count). The lowest BCUT2D eigenvalue weighted by atomic mass is 10.0. The van der Waals surface area contributed by atoms with E-state index in [2.05, 4.69) is 12.2 Å². The molecule has 0 bridgehead atoms. The van der Waals surface area contributed by atoms with Crippen molar-refractivity contribution in [3.63, 3.8) is 0 Å². The van der Waals surface area contributed by atoms with E-state index < -0.39 is 10.8 Å². The number of hydrogen-bond acceptors (Lipinski definition) is 2. The molecule has 0 amide bonds. The molecule has 0 heterocycles. The standard InChI is InChI=1S/C13H20FNOS/c1-4-13(15-10(2)9-17(3)16)11-6-5-7-12(14)8-11/h5-8,10,13,15H,4,9H2,1-3H3/t10-,13-,17-/m0/s1. The molecular weight excluding hydrogens is 237 g/mol. The van der Waals surface area contributed by atoms with Crippen LogP contribution in [0.3, 0.4) is 0 Å². The lowest BCUT2D eigenvalue weighted by molar-refractivity contribution is 0.466. The molecule has 0 aromatic heterocycles. The van der Waals surface area contributed by atoms with Crippen LogP contribution in [0.2, 0.25) is 0 Å². The summed E-state index contributed by atoms with van der Waals surface area (Å²) in [6.45, 7) is 4.06. The molecule has 0 spiro atoms. The monoisotopic (exact) mass is 257 g/mol. The van der Waals surface area contributed by atoms with Gasteiger partial charge in [-0.2, -0.15) is 0 Å². The quantitative estimate of drug-likeness (QED) is 0.849. The van der Waals surface area contributed by atoms with Crippen molar-refractivity contribution in [2.45, 2.75) is 32.4 Å². The highest BCUT2D eigenvalue weighted by atomic mass is 32.2. The van der Waals surface area contributed by atoms with Crippen LogP contribution in [0.5, 0.6) is 0 Å². The summed E-state index contributed by atoms with van der Waals surface area (Å²) in [4.78, 5) is 0. The zero-order valence-corrected chi connectivity index (χ0v) is 11.4. The smallest absolute Gasteiger partial charge is 0.123 e. The zero-order valence-electron chi connectivity index (χ0n) is 10.6. The van der Waals surface area contributed by atoms with Gasteiger partial charge >= 0.3 is 0 Å². The Bertz CT molecular complexity index is 383. The molecule has 0 aliphatic heterocycles. The highest BCUT2D eigenvalue weighted by Crippen LogP contribution is 2.18. The van der Waals surface area contributed by atoms with E-state index in [0.29, 0.717) is 5.75 Å². The number of nitrogens with one attached hydrogen (secondary N) is 1. The lowest BCUT2D eigenvalue weighted by Gasteiger charge is -2.22. The van der Waals surface area contributed by atoms with Gasteiger partial charge in [-0.3, -0.25) is 4.21 Å². The second-order valence-corrected chi connectivity index (χ2v) is 5.80. The molecule has 0 radical (unpaired) electrons. The Morgan fingerprint density at radius 1 is 1.47 bits per heavy atom. The normalized spacial score (nSPS) is 16.5. The van der Waals surface area contributed by atoms with Crippen molar-refractivity contribution >= 4 is 10.8 Å². The second-order valence-electron chi connectivity index (χ2n) is 4.32. The minimum atomic E-state index is -0.811. The maximum absolute atomic E-state index is 13.1. The first-order valence-corrected chi connectivity index (χ1v) is 7.57. The largest absolute Gasteiger partial charge is 0.307 e. The Labute approximate surface area is 105 Å². The first-order valence-electron chi connectivity index (χ1n) is 5.84. The maximum Gasteiger partial charge on any atom is 0.123 e. The number of hydrogen-bond donors (Lipinski definition) is 1. The molecule has 4 heteroatoms. The molecular formula is C13H20FNOS. The highest BCUT2D eigenvalue weighted by Gasteiger charge is 2.13. The van der Waals surface area contributed by atoms with E-state index in [-0.39, 0.29) is 17.9 Å². The van der Waals surface area contributed by atoms with Gasteiger partial charge in [-0.05, 0) is 31.0 Å². The minimum Gasteiger partial charge on any atom is -0.307 e. The Balaban J connectivity index is 2.68. The second kappa shape index (κ2) is 6.87. The molecule has 0 fully saturated rings. The summed E-state index contributed by atoms with van der Waals surface area (Å²) in [5.74, 6) is 0.403. The van der Waals surface area contributed by atoms with E-state index >= 15 is 0 Å². The van der Waals surface area contributed by atoms with Crippen LogP contribution in [0.4, 0.5) is 4.39 Å². The van der Waals surface area contributed by atoms with Crippen molar-refractivity contribution < 1.29 is 8.60 Å². The van der Waals surface area contributed by atoms with E-state index in [1.165, 1.54) is 6.07 Å². The van der Waals surface area contributed by atoms with E-state index in [4.69, 9.17) is 0 Å². The Morgan fingerprint density at radius 3 is 2.71 bits per heavy atom. The van der Waals surface area contributed by atoms with E-state index in [1.807, 2.05) is 13.0 Å². The van der Waals surface area contributed by atoms with Crippen LogP contribution in [0.1, 0.15) is 31.9 Å². The summed E-state index contributed by atoms with van der Waals surface area (Å²) in [6, 6.07) is 6.91. The fraction of sp³-hybridized carbons (Fsp3) is 0.538. The van der Waals surface area contributed by atoms with Gasteiger partial charge in [-0.15, -0.1) is 0 Å². The van der Waals surface area contributed by atoms with Gasteiger partial charge in [-0.25, -0.2) is 4.39 Å². The molecule has 1 N–H and O–H groups in total. The predicted molar refractivity (Wildman–Crippen MR) is 71.0 cm³/mol. The van der Waals surface area contributed by atoms with Crippen molar-refractivity contribution in [2.75, 3.05) is 12.0 Å². The van der Waals surface area contributed by atoms with Crippen LogP contribution in [-0.4, -0.2) is 22.3 Å². The van der Waals surface area contributed by atoms with Gasteiger partial charge in [0, 0.05) is 34.9 Å². The van der Waals surface area contributed by atoms with Crippen LogP contribution in [0.25, 0.3) is 0 Å². The highest BCUT2D eigenvalue weighted by molar-refractivity contribution is 7.84. The molecule has 1 aromatic carbocycles. The SMILES string of the molecule is CC[C@H](N[C@@H](C)C[S@](C)=O)c1cccc(F)c1. The molecule has 0 aliphatic rings. The molecule has 0 unspecified atom stereocenters. The van der Waals surface area contributed by atoms with Crippen molar-refractivity contribution in [1.82, 2.24) is 5.32 Å². The maximum atomic E-state index is 13.1. The summed E-state index contributed by atoms with van der Waals surface area (Å²) in [7, 11) is -0.811. The molecule has 0 saturated carbocycles. The summed E-state index contributed by atoms with van der Waals surface area (Å²) >= 11 is 0. The van der Waals surface area contributed by atoms with E-state index in [1.54, 1.807) is 18.4 Å². The summed E-state index contributed by atoms with van der Waals surface area (Å²) in [6.07, 6.45) is 2.57. The molecule has 1 aromatic rings. The summed E-state index contributed by atoms with van der Waals surface area (Å²) in [5.41, 5.74) is 0.946. The number of benzene rings is 1. The Morgan fingerprint density at radius 2 is 2.18 bits per heavy atom. The summed E-state index contributed by atoms with van der Waals surface area (Å²) < 4.78 is 24.3. The van der Waals surface area contributed by atoms with Crippen molar-refractivity contribution in [3.05, 3.63) is 35.6 Å². The molecule has 3 atom stereocenters. The average molecular weight is 257 g/mol. The van der Waals surface area contributed by atoms with Gasteiger partial charge < -0.3 is 5.32 Å². The minimum absolute atomic E-state index is 0.115. The molecule has 96 valence electrons. The zero-order chi connectivity index (χ0) is 12.8. The number of halogens is 1. The first-order chi connectivity index (χ1) is 8.02. The molecule has 0 aliphatic carbocycles. The third-order valence-electron chi connectivity index (χ3n) is 2.63. The molecule has 17 heavy (non-hydrogen) atoms. The van der Waals surface area contributed by atoms with Crippen LogP contribution in [-0.2, 0) is 10.8 Å². The lowest BCUT2D eigenvalue weighted by Crippen LogP contribution is -2.34. The van der Waals surface area contributed by atoms with E-state index in [9.17, 15) is 8.60 Å². The third-order valence-corrected chi connectivity index (χ3v) is 3.60. The van der Waals surface area contributed by atoms with Crippen LogP contribution >= 0.6 is 0 Å². The van der Waals surface area contributed by atoms with Crippen molar-refractivity contribution in [3.8, 4) is 0 Å². The average Bonchev–Trinajstić information content (AvgIpc) is 2.24. The van der Waals surface area contributed by atoms with E-state index in [0.717, 1.165) is 12.0 Å². The Hall–Kier alpha value is -0.740. The van der Waals surface area contributed by atoms with Gasteiger partial charge in [0.25, 0.3) is 0 Å². The van der Waals surface area contributed by atoms with Gasteiger partial charge in [0.1, 0.15) is 5.82 Å². The Kier molecular flexibility index (Phi) is 5.78. The van der Waals surface area contributed by atoms with Gasteiger partial charge in [-0.1, -0.05) is 19.1 Å². The number of rotatable bonds is 6. The topological polar surface area (TPSA) is 29.1 Å². The van der Waals surface area contributed by atoms with Gasteiger partial charge in [0.2, 0.25) is 0 Å². The van der Waals surface area contributed by atoms with Crippen molar-refractivity contribution in [1.29, 1.82) is 0 Å². The fourth-order valence-electron chi connectivity index (χ4n) is 1.92. The molecule has 0 saturated heterocycles. The van der Waals surface area contributed by atoms with Crippen LogP contribution in [0, 0.1) is 5.82 Å². The van der Waals surface area contributed by atoms with Crippen molar-refractivity contribution in [2.24, 2.45) is 0 Å². The predicted octanol–water partition coefficient (Wildman–Crippen LogP) is 2.63. The van der Waals surface area contributed by atoms with Crippen LogP contribution in [0.15, 0.2) is 24.3 Å². The summed E-state index contributed by atoms with van der Waals surface area (Å²) in [5, 5.41) is 3.38. The van der Waals surface area contributed by atoms with Gasteiger partial charge in [0.15, 0.2) is 0 Å².